The fraction of sp³-hybridized carbons (Fsp3) is 1.00. The summed E-state index contributed by atoms with van der Waals surface area (Å²) in [5, 5.41) is 13.7. The molecule has 0 radical (unpaired) electrons. The van der Waals surface area contributed by atoms with Crippen LogP contribution < -0.4 is 5.32 Å². The summed E-state index contributed by atoms with van der Waals surface area (Å²) in [7, 11) is 0. The lowest BCUT2D eigenvalue weighted by molar-refractivity contribution is 0.121. The maximum absolute atomic E-state index is 10.0. The monoisotopic (exact) mass is 266 g/mol. The molecule has 1 saturated heterocycles. The molecule has 3 heteroatoms. The molecule has 3 fully saturated rings. The first-order valence-corrected chi connectivity index (χ1v) is 8.41. The van der Waals surface area contributed by atoms with Gasteiger partial charge in [0.25, 0.3) is 0 Å². The lowest BCUT2D eigenvalue weighted by Crippen LogP contribution is -2.39. The van der Waals surface area contributed by atoms with Crippen molar-refractivity contribution in [3.05, 3.63) is 0 Å². The Morgan fingerprint density at radius 1 is 1.16 bits per heavy atom. The minimum atomic E-state index is -0.00686. The van der Waals surface area contributed by atoms with Gasteiger partial charge < -0.3 is 15.3 Å². The molecule has 0 aromatic carbocycles. The van der Waals surface area contributed by atoms with Gasteiger partial charge in [0.1, 0.15) is 0 Å². The highest BCUT2D eigenvalue weighted by atomic mass is 16.3. The SMILES string of the molecule is CCCNC1CCCC1CN1CC2CCC(O)C2C1. The molecule has 5 unspecified atom stereocenters. The van der Waals surface area contributed by atoms with Crippen LogP contribution in [0.5, 0.6) is 0 Å². The Morgan fingerprint density at radius 3 is 2.84 bits per heavy atom. The van der Waals surface area contributed by atoms with Gasteiger partial charge in [-0.25, -0.2) is 0 Å². The molecule has 1 aliphatic heterocycles. The van der Waals surface area contributed by atoms with Crippen LogP contribution in [0.25, 0.3) is 0 Å². The first-order valence-electron chi connectivity index (χ1n) is 8.41. The van der Waals surface area contributed by atoms with E-state index in [0.717, 1.165) is 30.8 Å². The first kappa shape index (κ1) is 13.8. The molecule has 1 heterocycles. The Hall–Kier alpha value is -0.120. The van der Waals surface area contributed by atoms with Crippen LogP contribution in [0.15, 0.2) is 0 Å². The summed E-state index contributed by atoms with van der Waals surface area (Å²) in [5.74, 6) is 2.23. The first-order chi connectivity index (χ1) is 9.28. The number of fused-ring (bicyclic) bond motifs is 1. The quantitative estimate of drug-likeness (QED) is 0.797. The molecule has 3 aliphatic rings. The molecule has 0 aromatic heterocycles. The van der Waals surface area contributed by atoms with Crippen LogP contribution in [0.2, 0.25) is 0 Å². The number of hydrogen-bond donors (Lipinski definition) is 2. The van der Waals surface area contributed by atoms with Crippen LogP contribution >= 0.6 is 0 Å². The lowest BCUT2D eigenvalue weighted by Gasteiger charge is -2.27. The van der Waals surface area contributed by atoms with Crippen LogP contribution in [0, 0.1) is 17.8 Å². The topological polar surface area (TPSA) is 35.5 Å². The third-order valence-electron chi connectivity index (χ3n) is 5.70. The molecule has 0 spiro atoms. The van der Waals surface area contributed by atoms with Crippen molar-refractivity contribution in [2.75, 3.05) is 26.2 Å². The highest BCUT2D eigenvalue weighted by Crippen LogP contribution is 2.39. The second-order valence-corrected chi connectivity index (χ2v) is 7.04. The number of rotatable bonds is 5. The average molecular weight is 266 g/mol. The van der Waals surface area contributed by atoms with E-state index in [1.807, 2.05) is 0 Å². The molecule has 2 N–H and O–H groups in total. The van der Waals surface area contributed by atoms with Crippen LogP contribution in [0.3, 0.4) is 0 Å². The fourth-order valence-corrected chi connectivity index (χ4v) is 4.66. The summed E-state index contributed by atoms with van der Waals surface area (Å²) in [4.78, 5) is 2.65. The average Bonchev–Trinajstić information content (AvgIpc) is 3.07. The van der Waals surface area contributed by atoms with E-state index in [2.05, 4.69) is 17.1 Å². The van der Waals surface area contributed by atoms with Crippen molar-refractivity contribution < 1.29 is 5.11 Å². The number of nitrogens with one attached hydrogen (secondary N) is 1. The van der Waals surface area contributed by atoms with E-state index in [9.17, 15) is 5.11 Å². The molecule has 19 heavy (non-hydrogen) atoms. The largest absolute Gasteiger partial charge is 0.393 e. The van der Waals surface area contributed by atoms with Gasteiger partial charge in [0.2, 0.25) is 0 Å². The molecular formula is C16H30N2O. The number of aliphatic hydroxyl groups excluding tert-OH is 1. The maximum atomic E-state index is 10.0. The molecule has 0 amide bonds. The van der Waals surface area contributed by atoms with Gasteiger partial charge in [0, 0.05) is 31.6 Å². The van der Waals surface area contributed by atoms with Crippen molar-refractivity contribution in [2.24, 2.45) is 17.8 Å². The van der Waals surface area contributed by atoms with E-state index >= 15 is 0 Å². The zero-order valence-electron chi connectivity index (χ0n) is 12.4. The van der Waals surface area contributed by atoms with E-state index < -0.39 is 0 Å². The fourth-order valence-electron chi connectivity index (χ4n) is 4.66. The third-order valence-corrected chi connectivity index (χ3v) is 5.70. The number of likely N-dealkylation sites (tertiary alicyclic amines) is 1. The maximum Gasteiger partial charge on any atom is 0.0583 e. The summed E-state index contributed by atoms with van der Waals surface area (Å²) in [6.45, 7) is 7.09. The van der Waals surface area contributed by atoms with Crippen molar-refractivity contribution >= 4 is 0 Å². The minimum absolute atomic E-state index is 0.00686. The lowest BCUT2D eigenvalue weighted by atomic mass is 10.00. The molecule has 5 atom stereocenters. The molecule has 0 aromatic rings. The zero-order valence-corrected chi connectivity index (χ0v) is 12.4. The van der Waals surface area contributed by atoms with Gasteiger partial charge in [0.05, 0.1) is 6.10 Å². The Balaban J connectivity index is 1.49. The second kappa shape index (κ2) is 6.11. The molecule has 2 saturated carbocycles. The number of aliphatic hydroxyl groups is 1. The second-order valence-electron chi connectivity index (χ2n) is 7.04. The van der Waals surface area contributed by atoms with E-state index in [0.29, 0.717) is 5.92 Å². The molecule has 3 nitrogen and oxygen atoms in total. The Labute approximate surface area is 117 Å². The Morgan fingerprint density at radius 2 is 2.05 bits per heavy atom. The van der Waals surface area contributed by atoms with Crippen LogP contribution in [-0.2, 0) is 0 Å². The number of hydrogen-bond acceptors (Lipinski definition) is 3. The van der Waals surface area contributed by atoms with E-state index in [1.165, 1.54) is 51.7 Å². The van der Waals surface area contributed by atoms with Gasteiger partial charge >= 0.3 is 0 Å². The van der Waals surface area contributed by atoms with Gasteiger partial charge in [-0.3, -0.25) is 0 Å². The van der Waals surface area contributed by atoms with Gasteiger partial charge in [-0.05, 0) is 50.5 Å². The van der Waals surface area contributed by atoms with Crippen LogP contribution in [0.4, 0.5) is 0 Å². The van der Waals surface area contributed by atoms with Crippen LogP contribution in [-0.4, -0.2) is 48.3 Å². The summed E-state index contributed by atoms with van der Waals surface area (Å²) < 4.78 is 0. The predicted octanol–water partition coefficient (Wildman–Crippen LogP) is 1.86. The Kier molecular flexibility index (Phi) is 4.45. The summed E-state index contributed by atoms with van der Waals surface area (Å²) in [5.41, 5.74) is 0. The zero-order chi connectivity index (χ0) is 13.2. The van der Waals surface area contributed by atoms with Crippen molar-refractivity contribution in [3.63, 3.8) is 0 Å². The Bertz CT molecular complexity index is 296. The molecular weight excluding hydrogens is 236 g/mol. The predicted molar refractivity (Wildman–Crippen MR) is 78.1 cm³/mol. The van der Waals surface area contributed by atoms with Gasteiger partial charge in [0.15, 0.2) is 0 Å². The number of nitrogens with zero attached hydrogens (tertiary/aromatic N) is 1. The third kappa shape index (κ3) is 2.98. The molecule has 2 aliphatic carbocycles. The van der Waals surface area contributed by atoms with Crippen molar-refractivity contribution in [1.82, 2.24) is 10.2 Å². The van der Waals surface area contributed by atoms with E-state index in [-0.39, 0.29) is 6.10 Å². The molecule has 110 valence electrons. The highest BCUT2D eigenvalue weighted by molar-refractivity contribution is 4.95. The summed E-state index contributed by atoms with van der Waals surface area (Å²) >= 11 is 0. The van der Waals surface area contributed by atoms with Crippen molar-refractivity contribution in [3.8, 4) is 0 Å². The smallest absolute Gasteiger partial charge is 0.0583 e. The summed E-state index contributed by atoms with van der Waals surface area (Å²) in [6, 6.07) is 0.755. The van der Waals surface area contributed by atoms with Crippen LogP contribution in [0.1, 0.15) is 45.4 Å². The normalized spacial score (nSPS) is 42.9. The van der Waals surface area contributed by atoms with Gasteiger partial charge in [-0.1, -0.05) is 13.3 Å². The standard InChI is InChI=1S/C16H30N2O/c1-2-8-17-15-5-3-4-13(15)10-18-9-12-6-7-16(19)14(12)11-18/h12-17,19H,2-11H2,1H3. The van der Waals surface area contributed by atoms with Gasteiger partial charge in [-0.15, -0.1) is 0 Å². The van der Waals surface area contributed by atoms with E-state index in [4.69, 9.17) is 0 Å². The molecule has 3 rings (SSSR count). The summed E-state index contributed by atoms with van der Waals surface area (Å²) in [6.07, 6.45) is 7.70. The molecule has 0 bridgehead atoms. The van der Waals surface area contributed by atoms with E-state index in [1.54, 1.807) is 0 Å². The van der Waals surface area contributed by atoms with Crippen molar-refractivity contribution in [1.29, 1.82) is 0 Å². The minimum Gasteiger partial charge on any atom is -0.393 e. The van der Waals surface area contributed by atoms with Crippen molar-refractivity contribution in [2.45, 2.75) is 57.6 Å². The highest BCUT2D eigenvalue weighted by Gasteiger charge is 2.42. The van der Waals surface area contributed by atoms with Gasteiger partial charge in [-0.2, -0.15) is 0 Å².